The molecule has 1 aromatic carbocycles. The van der Waals surface area contributed by atoms with E-state index in [0.717, 1.165) is 15.6 Å². The standard InChI is InChI=1S/C11H8BrN/c1-9-8-11(12)6-5-10(9)4-2-3-7-13/h5-6,8H,3H2,1H3. The molecule has 1 rings (SSSR count). The lowest BCUT2D eigenvalue weighted by Gasteiger charge is -1.97. The Labute approximate surface area is 86.5 Å². The Bertz CT molecular complexity index is 404. The molecule has 0 bridgehead atoms. The van der Waals surface area contributed by atoms with Gasteiger partial charge >= 0.3 is 0 Å². The molecule has 2 heteroatoms. The van der Waals surface area contributed by atoms with Crippen molar-refractivity contribution in [3.8, 4) is 17.9 Å². The number of nitriles is 1. The molecule has 1 nitrogen and oxygen atoms in total. The van der Waals surface area contributed by atoms with E-state index in [1.54, 1.807) is 0 Å². The normalized spacial score (nSPS) is 8.38. The fourth-order valence-electron chi connectivity index (χ4n) is 0.946. The minimum atomic E-state index is 0.287. The molecule has 0 amide bonds. The molecule has 64 valence electrons. The highest BCUT2D eigenvalue weighted by molar-refractivity contribution is 9.10. The van der Waals surface area contributed by atoms with Gasteiger partial charge in [0.2, 0.25) is 0 Å². The summed E-state index contributed by atoms with van der Waals surface area (Å²) in [5, 5.41) is 8.30. The maximum atomic E-state index is 8.30. The molecule has 0 fully saturated rings. The van der Waals surface area contributed by atoms with Crippen molar-refractivity contribution in [2.24, 2.45) is 0 Å². The minimum Gasteiger partial charge on any atom is -0.197 e. The van der Waals surface area contributed by atoms with Crippen molar-refractivity contribution >= 4 is 15.9 Å². The second-order valence-electron chi connectivity index (χ2n) is 2.60. The highest BCUT2D eigenvalue weighted by Gasteiger charge is 1.93. The van der Waals surface area contributed by atoms with Crippen LogP contribution >= 0.6 is 15.9 Å². The van der Waals surface area contributed by atoms with Gasteiger partial charge < -0.3 is 0 Å². The van der Waals surface area contributed by atoms with Gasteiger partial charge in [0, 0.05) is 10.0 Å². The average Bonchev–Trinajstić information content (AvgIpc) is 2.09. The summed E-state index contributed by atoms with van der Waals surface area (Å²) in [7, 11) is 0. The van der Waals surface area contributed by atoms with E-state index in [9.17, 15) is 0 Å². The van der Waals surface area contributed by atoms with Gasteiger partial charge in [0.25, 0.3) is 0 Å². The van der Waals surface area contributed by atoms with Crippen molar-refractivity contribution in [1.82, 2.24) is 0 Å². The van der Waals surface area contributed by atoms with E-state index in [1.807, 2.05) is 31.2 Å². The first-order valence-corrected chi connectivity index (χ1v) is 4.65. The monoisotopic (exact) mass is 233 g/mol. The van der Waals surface area contributed by atoms with E-state index in [1.165, 1.54) is 0 Å². The molecule has 0 saturated carbocycles. The lowest BCUT2D eigenvalue weighted by molar-refractivity contribution is 1.38. The quantitative estimate of drug-likeness (QED) is 0.633. The first kappa shape index (κ1) is 9.84. The fourth-order valence-corrected chi connectivity index (χ4v) is 1.42. The van der Waals surface area contributed by atoms with Crippen LogP contribution in [-0.2, 0) is 0 Å². The van der Waals surface area contributed by atoms with Gasteiger partial charge in [-0.3, -0.25) is 0 Å². The Balaban J connectivity index is 2.93. The molecule has 0 spiro atoms. The van der Waals surface area contributed by atoms with Crippen LogP contribution in [-0.4, -0.2) is 0 Å². The van der Waals surface area contributed by atoms with Crippen LogP contribution in [0.15, 0.2) is 22.7 Å². The summed E-state index contributed by atoms with van der Waals surface area (Å²) in [6, 6.07) is 7.89. The highest BCUT2D eigenvalue weighted by Crippen LogP contribution is 2.14. The number of rotatable bonds is 0. The zero-order valence-electron chi connectivity index (χ0n) is 7.26. The van der Waals surface area contributed by atoms with E-state index < -0.39 is 0 Å². The number of aryl methyl sites for hydroxylation is 1. The lowest BCUT2D eigenvalue weighted by Crippen LogP contribution is -1.80. The molecular formula is C11H8BrN. The van der Waals surface area contributed by atoms with Gasteiger partial charge in [-0.1, -0.05) is 27.8 Å². The Morgan fingerprint density at radius 2 is 2.23 bits per heavy atom. The predicted molar refractivity (Wildman–Crippen MR) is 56.0 cm³/mol. The van der Waals surface area contributed by atoms with Crippen molar-refractivity contribution < 1.29 is 0 Å². The molecule has 0 radical (unpaired) electrons. The van der Waals surface area contributed by atoms with Crippen LogP contribution in [0, 0.1) is 30.1 Å². The van der Waals surface area contributed by atoms with Crippen molar-refractivity contribution in [3.63, 3.8) is 0 Å². The third kappa shape index (κ3) is 2.93. The molecule has 0 aliphatic heterocycles. The van der Waals surface area contributed by atoms with E-state index >= 15 is 0 Å². The summed E-state index contributed by atoms with van der Waals surface area (Å²) in [5.74, 6) is 5.73. The van der Waals surface area contributed by atoms with Gasteiger partial charge in [-0.2, -0.15) is 5.26 Å². The van der Waals surface area contributed by atoms with Crippen molar-refractivity contribution in [3.05, 3.63) is 33.8 Å². The van der Waals surface area contributed by atoms with E-state index in [-0.39, 0.29) is 6.42 Å². The topological polar surface area (TPSA) is 23.8 Å². The Morgan fingerprint density at radius 1 is 1.46 bits per heavy atom. The summed E-state index contributed by atoms with van der Waals surface area (Å²) in [4.78, 5) is 0. The van der Waals surface area contributed by atoms with Crippen molar-refractivity contribution in [1.29, 1.82) is 5.26 Å². The molecule has 1 aromatic rings. The van der Waals surface area contributed by atoms with Crippen molar-refractivity contribution in [2.45, 2.75) is 13.3 Å². The predicted octanol–water partition coefficient (Wildman–Crippen LogP) is 3.02. The second kappa shape index (κ2) is 4.70. The van der Waals surface area contributed by atoms with Crippen LogP contribution in [0.25, 0.3) is 0 Å². The lowest BCUT2D eigenvalue weighted by atomic mass is 10.1. The van der Waals surface area contributed by atoms with Crippen LogP contribution in [0.3, 0.4) is 0 Å². The zero-order valence-corrected chi connectivity index (χ0v) is 8.85. The van der Waals surface area contributed by atoms with Crippen LogP contribution < -0.4 is 0 Å². The summed E-state index contributed by atoms with van der Waals surface area (Å²) < 4.78 is 1.05. The van der Waals surface area contributed by atoms with Gasteiger partial charge in [0.15, 0.2) is 0 Å². The van der Waals surface area contributed by atoms with Crippen LogP contribution in [0.5, 0.6) is 0 Å². The molecular weight excluding hydrogens is 226 g/mol. The summed E-state index contributed by atoms with van der Waals surface area (Å²) in [6.07, 6.45) is 0.287. The zero-order chi connectivity index (χ0) is 9.68. The first-order valence-electron chi connectivity index (χ1n) is 3.86. The molecule has 0 N–H and O–H groups in total. The molecule has 0 aliphatic rings. The maximum Gasteiger partial charge on any atom is 0.0966 e. The smallest absolute Gasteiger partial charge is 0.0966 e. The van der Waals surface area contributed by atoms with Gasteiger partial charge in [-0.05, 0) is 30.7 Å². The number of hydrogen-bond acceptors (Lipinski definition) is 1. The van der Waals surface area contributed by atoms with Crippen LogP contribution in [0.1, 0.15) is 17.5 Å². The molecule has 13 heavy (non-hydrogen) atoms. The number of benzene rings is 1. The largest absolute Gasteiger partial charge is 0.197 e. The van der Waals surface area contributed by atoms with Gasteiger partial charge in [-0.15, -0.1) is 0 Å². The fraction of sp³-hybridized carbons (Fsp3) is 0.182. The van der Waals surface area contributed by atoms with Gasteiger partial charge in [0.1, 0.15) is 0 Å². The third-order valence-corrected chi connectivity index (χ3v) is 2.07. The number of halogens is 1. The van der Waals surface area contributed by atoms with Crippen LogP contribution in [0.2, 0.25) is 0 Å². The third-order valence-electron chi connectivity index (χ3n) is 1.58. The van der Waals surface area contributed by atoms with E-state index in [4.69, 9.17) is 5.26 Å². The number of nitrogens with zero attached hydrogens (tertiary/aromatic N) is 1. The summed E-state index contributed by atoms with van der Waals surface area (Å²) >= 11 is 3.38. The van der Waals surface area contributed by atoms with Gasteiger partial charge in [-0.25, -0.2) is 0 Å². The first-order chi connectivity index (χ1) is 6.24. The minimum absolute atomic E-state index is 0.287. The van der Waals surface area contributed by atoms with E-state index in [2.05, 4.69) is 27.8 Å². The molecule has 0 aliphatic carbocycles. The second-order valence-corrected chi connectivity index (χ2v) is 3.51. The summed E-state index contributed by atoms with van der Waals surface area (Å²) in [5.41, 5.74) is 2.11. The Kier molecular flexibility index (Phi) is 3.55. The maximum absolute atomic E-state index is 8.30. The van der Waals surface area contributed by atoms with Crippen molar-refractivity contribution in [2.75, 3.05) is 0 Å². The SMILES string of the molecule is Cc1cc(Br)ccc1C#CCC#N. The van der Waals surface area contributed by atoms with Crippen LogP contribution in [0.4, 0.5) is 0 Å². The summed E-state index contributed by atoms with van der Waals surface area (Å²) in [6.45, 7) is 2.00. The Hall–Kier alpha value is -1.25. The average molecular weight is 234 g/mol. The molecule has 0 atom stereocenters. The molecule has 0 saturated heterocycles. The number of hydrogen-bond donors (Lipinski definition) is 0. The van der Waals surface area contributed by atoms with Gasteiger partial charge in [0.05, 0.1) is 12.5 Å². The molecule has 0 heterocycles. The highest BCUT2D eigenvalue weighted by atomic mass is 79.9. The molecule has 0 aromatic heterocycles. The molecule has 0 unspecified atom stereocenters. The van der Waals surface area contributed by atoms with E-state index in [0.29, 0.717) is 0 Å². The Morgan fingerprint density at radius 3 is 2.85 bits per heavy atom.